The Morgan fingerprint density at radius 1 is 1.19 bits per heavy atom. The van der Waals surface area contributed by atoms with Crippen molar-refractivity contribution in [3.63, 3.8) is 0 Å². The van der Waals surface area contributed by atoms with E-state index in [4.69, 9.17) is 14.2 Å². The van der Waals surface area contributed by atoms with Crippen molar-refractivity contribution in [2.75, 3.05) is 6.61 Å². The Morgan fingerprint density at radius 2 is 1.89 bits per heavy atom. The molecule has 0 spiro atoms. The Morgan fingerprint density at radius 3 is 2.44 bits per heavy atom. The monoisotopic (exact) mass is 503 g/mol. The Labute approximate surface area is 218 Å². The second-order valence-electron chi connectivity index (χ2n) is 12.1. The molecule has 1 aliphatic rings. The van der Waals surface area contributed by atoms with Crippen LogP contribution < -0.4 is 10.1 Å². The minimum absolute atomic E-state index is 0.143. The number of aryl methyl sites for hydroxylation is 1. The van der Waals surface area contributed by atoms with E-state index in [1.807, 2.05) is 34.6 Å². The van der Waals surface area contributed by atoms with E-state index >= 15 is 0 Å². The van der Waals surface area contributed by atoms with Gasteiger partial charge in [-0.05, 0) is 88.3 Å². The summed E-state index contributed by atoms with van der Waals surface area (Å²) in [6.45, 7) is 19.0. The number of carbonyl (C=O) groups is 2. The van der Waals surface area contributed by atoms with Gasteiger partial charge in [0, 0.05) is 0 Å². The maximum atomic E-state index is 12.7. The van der Waals surface area contributed by atoms with Crippen molar-refractivity contribution >= 4 is 12.1 Å². The van der Waals surface area contributed by atoms with Crippen molar-refractivity contribution in [1.82, 2.24) is 5.32 Å². The van der Waals surface area contributed by atoms with Gasteiger partial charge in [-0.25, -0.2) is 4.79 Å². The molecule has 4 atom stereocenters. The van der Waals surface area contributed by atoms with Gasteiger partial charge in [-0.15, -0.1) is 0 Å². The first kappa shape index (κ1) is 30.0. The third-order valence-electron chi connectivity index (χ3n) is 7.02. The van der Waals surface area contributed by atoms with Gasteiger partial charge in [-0.3, -0.25) is 4.79 Å². The van der Waals surface area contributed by atoms with E-state index in [-0.39, 0.29) is 35.9 Å². The lowest BCUT2D eigenvalue weighted by atomic mass is 9.81. The summed E-state index contributed by atoms with van der Waals surface area (Å²) in [7, 11) is 0. The molecule has 6 nitrogen and oxygen atoms in total. The van der Waals surface area contributed by atoms with Crippen molar-refractivity contribution in [3.05, 3.63) is 29.3 Å². The first-order valence-electron chi connectivity index (χ1n) is 13.7. The standard InChI is InChI=1S/C30H49NO5/c1-10-11-14-34-26-16-22(13-12-21(26)6)15-23(19(2)3)17-25(31-29(33)36-30(7,8)9)27-18-24(20(4)5)28(32)35-27/h12-13,16,19-20,23-25,27H,10-11,14-15,17-18H2,1-9H3,(H,31,33)/t23-,24-,25-,27-/m0/s1. The van der Waals surface area contributed by atoms with Crippen LogP contribution in [0.1, 0.15) is 92.2 Å². The van der Waals surface area contributed by atoms with Crippen molar-refractivity contribution < 1.29 is 23.8 Å². The third kappa shape index (κ3) is 9.33. The molecule has 0 unspecified atom stereocenters. The fourth-order valence-electron chi connectivity index (χ4n) is 4.66. The molecule has 2 rings (SSSR count). The molecule has 6 heteroatoms. The maximum Gasteiger partial charge on any atom is 0.408 e. The summed E-state index contributed by atoms with van der Waals surface area (Å²) in [5.41, 5.74) is 1.75. The summed E-state index contributed by atoms with van der Waals surface area (Å²) in [4.78, 5) is 25.3. The van der Waals surface area contributed by atoms with E-state index in [2.05, 4.69) is 51.2 Å². The summed E-state index contributed by atoms with van der Waals surface area (Å²) < 4.78 is 17.4. The molecule has 1 N–H and O–H groups in total. The number of ether oxygens (including phenoxy) is 3. The minimum atomic E-state index is -0.602. The van der Waals surface area contributed by atoms with E-state index in [1.165, 1.54) is 5.56 Å². The number of rotatable bonds is 12. The Hall–Kier alpha value is -2.24. The molecular formula is C30H49NO5. The van der Waals surface area contributed by atoms with Gasteiger partial charge in [0.15, 0.2) is 0 Å². The number of unbranched alkanes of at least 4 members (excludes halogenated alkanes) is 1. The number of hydrogen-bond donors (Lipinski definition) is 1. The Balaban J connectivity index is 2.22. The molecule has 0 saturated carbocycles. The molecule has 1 aliphatic heterocycles. The van der Waals surface area contributed by atoms with Crippen molar-refractivity contribution in [1.29, 1.82) is 0 Å². The van der Waals surface area contributed by atoms with Crippen LogP contribution in [-0.4, -0.2) is 36.4 Å². The highest BCUT2D eigenvalue weighted by molar-refractivity contribution is 5.75. The lowest BCUT2D eigenvalue weighted by Crippen LogP contribution is -2.47. The smallest absolute Gasteiger partial charge is 0.408 e. The van der Waals surface area contributed by atoms with E-state index in [9.17, 15) is 9.59 Å². The molecule has 1 saturated heterocycles. The normalized spacial score (nSPS) is 19.8. The SMILES string of the molecule is CCCCOc1cc(C[C@@H](C[C@H](NC(=O)OC(C)(C)C)[C@@H]2C[C@@H](C(C)C)C(=O)O2)C(C)C)ccc1C. The highest BCUT2D eigenvalue weighted by Crippen LogP contribution is 2.33. The van der Waals surface area contributed by atoms with Crippen molar-refractivity contribution in [3.8, 4) is 5.75 Å². The fourth-order valence-corrected chi connectivity index (χ4v) is 4.66. The summed E-state index contributed by atoms with van der Waals surface area (Å²) in [5.74, 6) is 1.47. The van der Waals surface area contributed by atoms with Crippen LogP contribution in [0.15, 0.2) is 18.2 Å². The first-order chi connectivity index (χ1) is 16.8. The number of amides is 1. The molecule has 0 radical (unpaired) electrons. The number of carbonyl (C=O) groups excluding carboxylic acids is 2. The van der Waals surface area contributed by atoms with E-state index in [1.54, 1.807) is 0 Å². The minimum Gasteiger partial charge on any atom is -0.493 e. The van der Waals surface area contributed by atoms with Crippen LogP contribution in [0.25, 0.3) is 0 Å². The van der Waals surface area contributed by atoms with E-state index < -0.39 is 11.7 Å². The summed E-state index contributed by atoms with van der Waals surface area (Å²) in [6.07, 6.45) is 3.47. The molecule has 1 fully saturated rings. The summed E-state index contributed by atoms with van der Waals surface area (Å²) in [6, 6.07) is 6.13. The van der Waals surface area contributed by atoms with Crippen LogP contribution in [-0.2, 0) is 20.7 Å². The van der Waals surface area contributed by atoms with Crippen LogP contribution in [0.2, 0.25) is 0 Å². The molecule has 204 valence electrons. The molecule has 36 heavy (non-hydrogen) atoms. The topological polar surface area (TPSA) is 73.9 Å². The van der Waals surface area contributed by atoms with Gasteiger partial charge in [-0.2, -0.15) is 0 Å². The molecule has 1 aromatic carbocycles. The predicted molar refractivity (Wildman–Crippen MR) is 144 cm³/mol. The summed E-state index contributed by atoms with van der Waals surface area (Å²) in [5, 5.41) is 3.06. The number of nitrogens with one attached hydrogen (secondary N) is 1. The molecular weight excluding hydrogens is 454 g/mol. The largest absolute Gasteiger partial charge is 0.493 e. The van der Waals surface area contributed by atoms with Crippen molar-refractivity contribution in [2.24, 2.45) is 23.7 Å². The van der Waals surface area contributed by atoms with Crippen LogP contribution in [0, 0.1) is 30.6 Å². The third-order valence-corrected chi connectivity index (χ3v) is 7.02. The Bertz CT molecular complexity index is 857. The lowest BCUT2D eigenvalue weighted by Gasteiger charge is -2.31. The highest BCUT2D eigenvalue weighted by Gasteiger charge is 2.42. The van der Waals surface area contributed by atoms with Crippen LogP contribution in [0.4, 0.5) is 4.79 Å². The molecule has 1 heterocycles. The average molecular weight is 504 g/mol. The molecule has 0 aliphatic carbocycles. The maximum absolute atomic E-state index is 12.7. The average Bonchev–Trinajstić information content (AvgIpc) is 3.15. The van der Waals surface area contributed by atoms with Crippen LogP contribution >= 0.6 is 0 Å². The van der Waals surface area contributed by atoms with Gasteiger partial charge in [0.25, 0.3) is 0 Å². The summed E-state index contributed by atoms with van der Waals surface area (Å²) >= 11 is 0. The quantitative estimate of drug-likeness (QED) is 0.249. The number of benzene rings is 1. The number of cyclic esters (lactones) is 1. The van der Waals surface area contributed by atoms with Gasteiger partial charge in [0.05, 0.1) is 18.6 Å². The molecule has 1 aromatic rings. The molecule has 1 amide bonds. The molecule has 0 bridgehead atoms. The van der Waals surface area contributed by atoms with Gasteiger partial charge in [-0.1, -0.05) is 53.2 Å². The number of alkyl carbamates (subject to hydrolysis) is 1. The predicted octanol–water partition coefficient (Wildman–Crippen LogP) is 6.86. The van der Waals surface area contributed by atoms with Crippen LogP contribution in [0.3, 0.4) is 0 Å². The van der Waals surface area contributed by atoms with Gasteiger partial charge >= 0.3 is 12.1 Å². The Kier molecular flexibility index (Phi) is 11.1. The van der Waals surface area contributed by atoms with Gasteiger partial charge in [0.2, 0.25) is 0 Å². The zero-order chi connectivity index (χ0) is 27.0. The van der Waals surface area contributed by atoms with Crippen LogP contribution in [0.5, 0.6) is 5.75 Å². The first-order valence-corrected chi connectivity index (χ1v) is 13.7. The second kappa shape index (κ2) is 13.3. The van der Waals surface area contributed by atoms with Gasteiger partial charge < -0.3 is 19.5 Å². The van der Waals surface area contributed by atoms with E-state index in [0.29, 0.717) is 18.8 Å². The second-order valence-corrected chi connectivity index (χ2v) is 12.1. The highest BCUT2D eigenvalue weighted by atomic mass is 16.6. The lowest BCUT2D eigenvalue weighted by molar-refractivity contribution is -0.146. The molecule has 0 aromatic heterocycles. The van der Waals surface area contributed by atoms with Crippen molar-refractivity contribution in [2.45, 2.75) is 112 Å². The number of esters is 1. The van der Waals surface area contributed by atoms with Gasteiger partial charge in [0.1, 0.15) is 17.5 Å². The zero-order valence-electron chi connectivity index (χ0n) is 24.0. The fraction of sp³-hybridized carbons (Fsp3) is 0.733. The number of hydrogen-bond acceptors (Lipinski definition) is 5. The van der Waals surface area contributed by atoms with E-state index in [0.717, 1.165) is 37.2 Å². The zero-order valence-corrected chi connectivity index (χ0v) is 24.0.